The van der Waals surface area contributed by atoms with Crippen molar-refractivity contribution in [1.29, 1.82) is 0 Å². The molecule has 6 nitrogen and oxygen atoms in total. The summed E-state index contributed by atoms with van der Waals surface area (Å²) in [5, 5.41) is 6.08. The van der Waals surface area contributed by atoms with Crippen LogP contribution >= 0.6 is 0 Å². The quantitative estimate of drug-likeness (QED) is 0.513. The number of nitrogens with zero attached hydrogens (tertiary/aromatic N) is 1. The molecule has 1 aliphatic heterocycles. The molecule has 0 aliphatic carbocycles. The van der Waals surface area contributed by atoms with Crippen molar-refractivity contribution < 1.29 is 9.59 Å². The van der Waals surface area contributed by atoms with E-state index in [1.807, 2.05) is 4.90 Å². The maximum absolute atomic E-state index is 11.6. The third-order valence-electron chi connectivity index (χ3n) is 3.04. The van der Waals surface area contributed by atoms with Crippen LogP contribution in [0.25, 0.3) is 0 Å². The van der Waals surface area contributed by atoms with Crippen molar-refractivity contribution in [3.8, 4) is 0 Å². The molecule has 2 amide bonds. The Morgan fingerprint density at radius 3 is 2.56 bits per heavy atom. The predicted octanol–water partition coefficient (Wildman–Crippen LogP) is -0.948. The molecule has 1 saturated heterocycles. The Morgan fingerprint density at radius 1 is 1.33 bits per heavy atom. The maximum Gasteiger partial charge on any atom is 0.234 e. The van der Waals surface area contributed by atoms with Crippen molar-refractivity contribution in [2.45, 2.75) is 32.2 Å². The highest BCUT2D eigenvalue weighted by atomic mass is 16.2. The lowest BCUT2D eigenvalue weighted by Crippen LogP contribution is -2.48. The fourth-order valence-electron chi connectivity index (χ4n) is 2.11. The Morgan fingerprint density at radius 2 is 2.00 bits per heavy atom. The average molecular weight is 256 g/mol. The van der Waals surface area contributed by atoms with Crippen molar-refractivity contribution in [1.82, 2.24) is 15.5 Å². The maximum atomic E-state index is 11.6. The van der Waals surface area contributed by atoms with Crippen LogP contribution in [0.3, 0.4) is 0 Å². The first-order valence-corrected chi connectivity index (χ1v) is 6.62. The molecule has 104 valence electrons. The van der Waals surface area contributed by atoms with Crippen molar-refractivity contribution in [3.63, 3.8) is 0 Å². The molecule has 6 heteroatoms. The number of hydrogen-bond acceptors (Lipinski definition) is 4. The fourth-order valence-corrected chi connectivity index (χ4v) is 2.11. The fraction of sp³-hybridized carbons (Fsp3) is 0.833. The summed E-state index contributed by atoms with van der Waals surface area (Å²) in [6.07, 6.45) is 2.79. The van der Waals surface area contributed by atoms with Crippen molar-refractivity contribution in [3.05, 3.63) is 0 Å². The number of nitrogens with one attached hydrogen (secondary N) is 2. The van der Waals surface area contributed by atoms with Crippen molar-refractivity contribution in [2.24, 2.45) is 5.73 Å². The normalized spacial score (nSPS) is 17.6. The molecule has 0 atom stereocenters. The number of rotatable bonds is 7. The van der Waals surface area contributed by atoms with E-state index in [0.717, 1.165) is 38.9 Å². The lowest BCUT2D eigenvalue weighted by molar-refractivity contribution is -0.122. The van der Waals surface area contributed by atoms with E-state index in [9.17, 15) is 9.59 Å². The summed E-state index contributed by atoms with van der Waals surface area (Å²) in [5.41, 5.74) is 5.15. The number of nitrogens with two attached hydrogens (primary N) is 1. The number of hydrogen-bond donors (Lipinski definition) is 3. The number of primary amides is 1. The van der Waals surface area contributed by atoms with Crippen LogP contribution in [0.15, 0.2) is 0 Å². The van der Waals surface area contributed by atoms with Gasteiger partial charge >= 0.3 is 0 Å². The molecule has 0 bridgehead atoms. The Bertz CT molecular complexity index is 275. The van der Waals surface area contributed by atoms with Gasteiger partial charge < -0.3 is 16.4 Å². The van der Waals surface area contributed by atoms with E-state index in [-0.39, 0.29) is 17.9 Å². The largest absolute Gasteiger partial charge is 0.369 e. The Hall–Kier alpha value is -1.14. The van der Waals surface area contributed by atoms with E-state index in [1.165, 1.54) is 0 Å². The topological polar surface area (TPSA) is 87.5 Å². The molecule has 0 aromatic rings. The predicted molar refractivity (Wildman–Crippen MR) is 70.0 cm³/mol. The lowest BCUT2D eigenvalue weighted by atomic mass is 10.1. The Labute approximate surface area is 108 Å². The summed E-state index contributed by atoms with van der Waals surface area (Å²) in [6, 6.07) is 0.227. The van der Waals surface area contributed by atoms with E-state index in [1.54, 1.807) is 0 Å². The molecule has 0 aromatic carbocycles. The molecule has 0 aromatic heterocycles. The van der Waals surface area contributed by atoms with Gasteiger partial charge in [-0.2, -0.15) is 0 Å². The van der Waals surface area contributed by atoms with Gasteiger partial charge in [0, 0.05) is 19.1 Å². The van der Waals surface area contributed by atoms with Gasteiger partial charge in [0.05, 0.1) is 13.1 Å². The van der Waals surface area contributed by atoms with Gasteiger partial charge in [-0.3, -0.25) is 14.5 Å². The molecule has 18 heavy (non-hydrogen) atoms. The van der Waals surface area contributed by atoms with E-state index in [4.69, 9.17) is 5.73 Å². The second-order valence-corrected chi connectivity index (χ2v) is 4.76. The van der Waals surface area contributed by atoms with Gasteiger partial charge in [-0.1, -0.05) is 6.92 Å². The van der Waals surface area contributed by atoms with Crippen LogP contribution in [-0.4, -0.2) is 55.5 Å². The van der Waals surface area contributed by atoms with E-state index < -0.39 is 0 Å². The molecule has 0 unspecified atom stereocenters. The molecule has 1 heterocycles. The van der Waals surface area contributed by atoms with Crippen LogP contribution in [0, 0.1) is 0 Å². The molecule has 0 radical (unpaired) electrons. The molecular formula is C12H24N4O2. The number of carbonyl (C=O) groups is 2. The first kappa shape index (κ1) is 14.9. The number of piperidine rings is 1. The molecule has 1 rings (SSSR count). The molecule has 1 aliphatic rings. The number of likely N-dealkylation sites (tertiary alicyclic amines) is 1. The standard InChI is InChI=1S/C12H24N4O2/c1-2-5-14-8-12(18)15-10-3-6-16(7-4-10)9-11(13)17/h10,14H,2-9H2,1H3,(H2,13,17)(H,15,18). The summed E-state index contributed by atoms with van der Waals surface area (Å²) < 4.78 is 0. The van der Waals surface area contributed by atoms with Gasteiger partial charge in [0.15, 0.2) is 0 Å². The minimum atomic E-state index is -0.291. The van der Waals surface area contributed by atoms with Crippen LogP contribution in [0.1, 0.15) is 26.2 Å². The molecule has 4 N–H and O–H groups in total. The van der Waals surface area contributed by atoms with Gasteiger partial charge in [-0.05, 0) is 25.8 Å². The van der Waals surface area contributed by atoms with Gasteiger partial charge in [0.1, 0.15) is 0 Å². The smallest absolute Gasteiger partial charge is 0.234 e. The van der Waals surface area contributed by atoms with E-state index >= 15 is 0 Å². The summed E-state index contributed by atoms with van der Waals surface area (Å²) in [6.45, 7) is 5.27. The van der Waals surface area contributed by atoms with E-state index in [0.29, 0.717) is 13.1 Å². The Balaban J connectivity index is 2.14. The second-order valence-electron chi connectivity index (χ2n) is 4.76. The zero-order valence-electron chi connectivity index (χ0n) is 11.1. The van der Waals surface area contributed by atoms with Crippen LogP contribution in [0.4, 0.5) is 0 Å². The summed E-state index contributed by atoms with van der Waals surface area (Å²) >= 11 is 0. The van der Waals surface area contributed by atoms with Crippen LogP contribution in [0.2, 0.25) is 0 Å². The highest BCUT2D eigenvalue weighted by Crippen LogP contribution is 2.09. The zero-order chi connectivity index (χ0) is 13.4. The molecule has 0 spiro atoms. The highest BCUT2D eigenvalue weighted by molar-refractivity contribution is 5.78. The Kier molecular flexibility index (Phi) is 6.67. The number of carbonyl (C=O) groups excluding carboxylic acids is 2. The second kappa shape index (κ2) is 8.05. The van der Waals surface area contributed by atoms with Crippen LogP contribution in [0.5, 0.6) is 0 Å². The van der Waals surface area contributed by atoms with E-state index in [2.05, 4.69) is 17.6 Å². The first-order valence-electron chi connectivity index (χ1n) is 6.62. The minimum Gasteiger partial charge on any atom is -0.369 e. The monoisotopic (exact) mass is 256 g/mol. The third-order valence-corrected chi connectivity index (χ3v) is 3.04. The molecular weight excluding hydrogens is 232 g/mol. The first-order chi connectivity index (χ1) is 8.61. The summed E-state index contributed by atoms with van der Waals surface area (Å²) in [5.74, 6) is -0.238. The van der Waals surface area contributed by atoms with Gasteiger partial charge in [-0.25, -0.2) is 0 Å². The van der Waals surface area contributed by atoms with Gasteiger partial charge in [0.2, 0.25) is 11.8 Å². The number of amides is 2. The van der Waals surface area contributed by atoms with Crippen LogP contribution in [-0.2, 0) is 9.59 Å². The third kappa shape index (κ3) is 5.97. The minimum absolute atomic E-state index is 0.0526. The van der Waals surface area contributed by atoms with Gasteiger partial charge in [-0.15, -0.1) is 0 Å². The van der Waals surface area contributed by atoms with Crippen molar-refractivity contribution >= 4 is 11.8 Å². The SMILES string of the molecule is CCCNCC(=O)NC1CCN(CC(N)=O)CC1. The summed E-state index contributed by atoms with van der Waals surface area (Å²) in [4.78, 5) is 24.4. The van der Waals surface area contributed by atoms with Crippen LogP contribution < -0.4 is 16.4 Å². The van der Waals surface area contributed by atoms with Crippen molar-refractivity contribution in [2.75, 3.05) is 32.7 Å². The zero-order valence-corrected chi connectivity index (χ0v) is 11.1. The molecule has 0 saturated carbocycles. The summed E-state index contributed by atoms with van der Waals surface area (Å²) in [7, 11) is 0. The lowest BCUT2D eigenvalue weighted by Gasteiger charge is -2.31. The average Bonchev–Trinajstić information content (AvgIpc) is 2.31. The van der Waals surface area contributed by atoms with Gasteiger partial charge in [0.25, 0.3) is 0 Å². The molecule has 1 fully saturated rings. The highest BCUT2D eigenvalue weighted by Gasteiger charge is 2.21.